The zero-order valence-electron chi connectivity index (χ0n) is 9.47. The van der Waals surface area contributed by atoms with Crippen LogP contribution in [-0.4, -0.2) is 16.1 Å². The maximum absolute atomic E-state index is 10.9. The normalized spacial score (nSPS) is 9.78. The highest BCUT2D eigenvalue weighted by Crippen LogP contribution is 2.27. The third-order valence-electron chi connectivity index (χ3n) is 2.28. The average molecular weight is 259 g/mol. The second-order valence-electron chi connectivity index (χ2n) is 3.52. The van der Waals surface area contributed by atoms with E-state index < -0.39 is 5.97 Å². The third-order valence-corrected chi connectivity index (χ3v) is 3.34. The second-order valence-corrected chi connectivity index (χ2v) is 4.52. The van der Waals surface area contributed by atoms with Gasteiger partial charge in [0.25, 0.3) is 0 Å². The Labute approximate surface area is 107 Å². The first-order valence-corrected chi connectivity index (χ1v) is 5.90. The van der Waals surface area contributed by atoms with E-state index in [9.17, 15) is 4.79 Å². The SMILES string of the molecule is Cc1nc(Nc2ccccc2C#N)sc1C(=O)O. The standard InChI is InChI=1S/C12H9N3O2S/c1-7-10(11(16)17)18-12(14-7)15-9-5-3-2-4-8(9)6-13/h2-5H,1H3,(H,14,15)(H,16,17). The van der Waals surface area contributed by atoms with Gasteiger partial charge in [-0.15, -0.1) is 0 Å². The van der Waals surface area contributed by atoms with Crippen molar-refractivity contribution in [1.82, 2.24) is 4.98 Å². The fourth-order valence-electron chi connectivity index (χ4n) is 1.45. The number of hydrogen-bond acceptors (Lipinski definition) is 5. The number of carboxylic acid groups (broad SMARTS) is 1. The van der Waals surface area contributed by atoms with Crippen LogP contribution >= 0.6 is 11.3 Å². The smallest absolute Gasteiger partial charge is 0.347 e. The highest BCUT2D eigenvalue weighted by Gasteiger charge is 2.14. The van der Waals surface area contributed by atoms with Gasteiger partial charge in [0.2, 0.25) is 0 Å². The van der Waals surface area contributed by atoms with Crippen LogP contribution in [0.4, 0.5) is 10.8 Å². The molecule has 1 heterocycles. The van der Waals surface area contributed by atoms with Crippen LogP contribution in [0.25, 0.3) is 0 Å². The summed E-state index contributed by atoms with van der Waals surface area (Å²) in [4.78, 5) is 15.2. The molecule has 18 heavy (non-hydrogen) atoms. The van der Waals surface area contributed by atoms with Crippen LogP contribution in [0.5, 0.6) is 0 Å². The molecule has 1 aromatic carbocycles. The van der Waals surface area contributed by atoms with E-state index in [4.69, 9.17) is 10.4 Å². The van der Waals surface area contributed by atoms with Crippen LogP contribution in [0.1, 0.15) is 20.9 Å². The maximum Gasteiger partial charge on any atom is 0.347 e. The molecule has 0 amide bonds. The van der Waals surface area contributed by atoms with Crippen LogP contribution in [-0.2, 0) is 0 Å². The van der Waals surface area contributed by atoms with Gasteiger partial charge in [-0.1, -0.05) is 23.5 Å². The lowest BCUT2D eigenvalue weighted by molar-refractivity contribution is 0.0701. The fraction of sp³-hybridized carbons (Fsp3) is 0.0833. The molecule has 0 bridgehead atoms. The lowest BCUT2D eigenvalue weighted by Gasteiger charge is -2.03. The molecule has 90 valence electrons. The number of nitrogens with one attached hydrogen (secondary N) is 1. The predicted octanol–water partition coefficient (Wildman–Crippen LogP) is 2.77. The van der Waals surface area contributed by atoms with E-state index in [1.807, 2.05) is 0 Å². The maximum atomic E-state index is 10.9. The molecule has 0 spiro atoms. The number of nitrogens with zero attached hydrogens (tertiary/aromatic N) is 2. The Morgan fingerprint density at radius 1 is 1.50 bits per heavy atom. The van der Waals surface area contributed by atoms with E-state index in [1.165, 1.54) is 0 Å². The molecule has 0 saturated heterocycles. The molecule has 0 fully saturated rings. The number of aromatic carboxylic acids is 1. The molecule has 0 aliphatic heterocycles. The van der Waals surface area contributed by atoms with Gasteiger partial charge in [0.1, 0.15) is 10.9 Å². The van der Waals surface area contributed by atoms with Gasteiger partial charge in [0.05, 0.1) is 16.9 Å². The van der Waals surface area contributed by atoms with E-state index in [1.54, 1.807) is 31.2 Å². The van der Waals surface area contributed by atoms with Crippen molar-refractivity contribution in [2.24, 2.45) is 0 Å². The minimum absolute atomic E-state index is 0.201. The quantitative estimate of drug-likeness (QED) is 0.885. The summed E-state index contributed by atoms with van der Waals surface area (Å²) in [6.07, 6.45) is 0. The highest BCUT2D eigenvalue weighted by atomic mass is 32.1. The topological polar surface area (TPSA) is 86.0 Å². The molecule has 0 radical (unpaired) electrons. The molecule has 0 aliphatic carbocycles. The van der Waals surface area contributed by atoms with Gasteiger partial charge in [-0.2, -0.15) is 5.26 Å². The van der Waals surface area contributed by atoms with Crippen molar-refractivity contribution in [2.75, 3.05) is 5.32 Å². The number of anilines is 2. The predicted molar refractivity (Wildman–Crippen MR) is 68.3 cm³/mol. The number of aryl methyl sites for hydroxylation is 1. The number of carbonyl (C=O) groups is 1. The number of thiazole rings is 1. The Kier molecular flexibility index (Phi) is 3.26. The molecule has 5 nitrogen and oxygen atoms in total. The van der Waals surface area contributed by atoms with Crippen molar-refractivity contribution in [1.29, 1.82) is 5.26 Å². The minimum Gasteiger partial charge on any atom is -0.477 e. The van der Waals surface area contributed by atoms with Crippen molar-refractivity contribution in [3.63, 3.8) is 0 Å². The lowest BCUT2D eigenvalue weighted by Crippen LogP contribution is -1.94. The molecular formula is C12H9N3O2S. The molecule has 0 aliphatic rings. The number of carboxylic acids is 1. The van der Waals surface area contributed by atoms with Gasteiger partial charge < -0.3 is 10.4 Å². The van der Waals surface area contributed by atoms with Crippen molar-refractivity contribution in [2.45, 2.75) is 6.92 Å². The Balaban J connectivity index is 2.32. The van der Waals surface area contributed by atoms with E-state index >= 15 is 0 Å². The molecule has 2 aromatic rings. The van der Waals surface area contributed by atoms with E-state index in [0.29, 0.717) is 22.1 Å². The zero-order valence-corrected chi connectivity index (χ0v) is 10.3. The van der Waals surface area contributed by atoms with E-state index in [2.05, 4.69) is 16.4 Å². The first-order valence-electron chi connectivity index (χ1n) is 5.08. The van der Waals surface area contributed by atoms with Gasteiger partial charge >= 0.3 is 5.97 Å². The Bertz CT molecular complexity index is 643. The van der Waals surface area contributed by atoms with Crippen LogP contribution in [0, 0.1) is 18.3 Å². The molecule has 0 atom stereocenters. The van der Waals surface area contributed by atoms with Gasteiger partial charge in [-0.3, -0.25) is 0 Å². The first kappa shape index (κ1) is 12.1. The Hall–Kier alpha value is -2.39. The molecule has 0 saturated carbocycles. The third kappa shape index (κ3) is 2.31. The number of aromatic nitrogens is 1. The summed E-state index contributed by atoms with van der Waals surface area (Å²) in [6, 6.07) is 9.04. The fourth-order valence-corrected chi connectivity index (χ4v) is 2.27. The van der Waals surface area contributed by atoms with E-state index in [0.717, 1.165) is 11.3 Å². The van der Waals surface area contributed by atoms with Gasteiger partial charge in [0, 0.05) is 0 Å². The van der Waals surface area contributed by atoms with Crippen LogP contribution in [0.3, 0.4) is 0 Å². The van der Waals surface area contributed by atoms with Crippen molar-refractivity contribution < 1.29 is 9.90 Å². The zero-order chi connectivity index (χ0) is 13.1. The summed E-state index contributed by atoms with van der Waals surface area (Å²) in [7, 11) is 0. The Morgan fingerprint density at radius 2 is 2.22 bits per heavy atom. The van der Waals surface area contributed by atoms with Gasteiger partial charge in [-0.25, -0.2) is 9.78 Å². The molecular weight excluding hydrogens is 250 g/mol. The van der Waals surface area contributed by atoms with Gasteiger partial charge in [-0.05, 0) is 19.1 Å². The van der Waals surface area contributed by atoms with Crippen LogP contribution in [0.15, 0.2) is 24.3 Å². The summed E-state index contributed by atoms with van der Waals surface area (Å²) in [5.74, 6) is -0.994. The summed E-state index contributed by atoms with van der Waals surface area (Å²) >= 11 is 1.05. The minimum atomic E-state index is -0.994. The van der Waals surface area contributed by atoms with Crippen molar-refractivity contribution in [3.8, 4) is 6.07 Å². The highest BCUT2D eigenvalue weighted by molar-refractivity contribution is 7.17. The number of nitriles is 1. The Morgan fingerprint density at radius 3 is 2.83 bits per heavy atom. The summed E-state index contributed by atoms with van der Waals surface area (Å²) in [5, 5.41) is 21.3. The summed E-state index contributed by atoms with van der Waals surface area (Å²) < 4.78 is 0. The number of hydrogen-bond donors (Lipinski definition) is 2. The molecule has 6 heteroatoms. The first-order chi connectivity index (χ1) is 8.61. The summed E-state index contributed by atoms with van der Waals surface area (Å²) in [5.41, 5.74) is 1.57. The molecule has 2 rings (SSSR count). The van der Waals surface area contributed by atoms with Crippen LogP contribution in [0.2, 0.25) is 0 Å². The number of benzene rings is 1. The monoisotopic (exact) mass is 259 g/mol. The van der Waals surface area contributed by atoms with Crippen LogP contribution < -0.4 is 5.32 Å². The van der Waals surface area contributed by atoms with Gasteiger partial charge in [0.15, 0.2) is 5.13 Å². The summed E-state index contributed by atoms with van der Waals surface area (Å²) in [6.45, 7) is 1.64. The molecule has 1 aromatic heterocycles. The largest absolute Gasteiger partial charge is 0.477 e. The van der Waals surface area contributed by atoms with Crippen molar-refractivity contribution in [3.05, 3.63) is 40.4 Å². The van der Waals surface area contributed by atoms with E-state index in [-0.39, 0.29) is 4.88 Å². The number of rotatable bonds is 3. The second kappa shape index (κ2) is 4.85. The van der Waals surface area contributed by atoms with Crippen molar-refractivity contribution >= 4 is 28.1 Å². The molecule has 0 unspecified atom stereocenters. The lowest BCUT2D eigenvalue weighted by atomic mass is 10.2. The molecule has 2 N–H and O–H groups in total. The number of para-hydroxylation sites is 1. The average Bonchev–Trinajstić information content (AvgIpc) is 2.71.